The Morgan fingerprint density at radius 1 is 1.06 bits per heavy atom. The van der Waals surface area contributed by atoms with Gasteiger partial charge in [0, 0.05) is 16.7 Å². The van der Waals surface area contributed by atoms with Crippen LogP contribution in [-0.2, 0) is 4.79 Å². The number of hydrogen-bond donors (Lipinski definition) is 1. The predicted octanol–water partition coefficient (Wildman–Crippen LogP) is 4.19. The van der Waals surface area contributed by atoms with Gasteiger partial charge in [0.1, 0.15) is 16.5 Å². The number of hydrogen-bond acceptors (Lipinski definition) is 7. The summed E-state index contributed by atoms with van der Waals surface area (Å²) >= 11 is 7.27. The molecule has 0 aliphatic carbocycles. The molecule has 0 saturated heterocycles. The monoisotopic (exact) mass is 455 g/mol. The predicted molar refractivity (Wildman–Crippen MR) is 120 cm³/mol. The maximum absolute atomic E-state index is 12.5. The Morgan fingerprint density at radius 2 is 1.87 bits per heavy atom. The number of nitrogens with one attached hydrogen (secondary N) is 1. The van der Waals surface area contributed by atoms with Gasteiger partial charge in [-0.1, -0.05) is 23.4 Å². The topological polar surface area (TPSA) is 90.6 Å². The van der Waals surface area contributed by atoms with E-state index in [1.165, 1.54) is 18.9 Å². The molecule has 0 bridgehead atoms. The van der Waals surface area contributed by atoms with E-state index in [1.54, 1.807) is 42.0 Å². The van der Waals surface area contributed by atoms with Crippen LogP contribution < -0.4 is 14.8 Å². The molecule has 1 N–H and O–H groups in total. The number of methoxy groups -OCH3 is 2. The largest absolute Gasteiger partial charge is 0.497 e. The highest BCUT2D eigenvalue weighted by atomic mass is 35.5. The van der Waals surface area contributed by atoms with E-state index in [-0.39, 0.29) is 11.7 Å². The van der Waals surface area contributed by atoms with Crippen molar-refractivity contribution < 1.29 is 14.3 Å². The highest BCUT2D eigenvalue weighted by molar-refractivity contribution is 7.99. The summed E-state index contributed by atoms with van der Waals surface area (Å²) in [7, 11) is 3.11. The van der Waals surface area contributed by atoms with E-state index in [9.17, 15) is 4.79 Å². The Balaban J connectivity index is 1.47. The summed E-state index contributed by atoms with van der Waals surface area (Å²) in [4.78, 5) is 12.5. The number of carbonyl (C=O) groups excluding carboxylic acids is 1. The molecule has 4 aromatic rings. The van der Waals surface area contributed by atoms with Gasteiger partial charge in [-0.05, 0) is 48.5 Å². The molecule has 0 radical (unpaired) electrons. The molecule has 4 rings (SSSR count). The van der Waals surface area contributed by atoms with E-state index in [1.807, 2.05) is 24.3 Å². The number of fused-ring (bicyclic) bond motifs is 1. The minimum Gasteiger partial charge on any atom is -0.497 e. The van der Waals surface area contributed by atoms with Crippen LogP contribution in [0.5, 0.6) is 11.5 Å². The van der Waals surface area contributed by atoms with Gasteiger partial charge in [-0.25, -0.2) is 0 Å². The van der Waals surface area contributed by atoms with Crippen LogP contribution in [-0.4, -0.2) is 45.7 Å². The summed E-state index contributed by atoms with van der Waals surface area (Å²) in [6.45, 7) is 0. The van der Waals surface area contributed by atoms with Crippen LogP contribution in [0.4, 0.5) is 5.69 Å². The fourth-order valence-electron chi connectivity index (χ4n) is 2.86. The van der Waals surface area contributed by atoms with Gasteiger partial charge in [0.05, 0.1) is 25.7 Å². The molecule has 2 aromatic carbocycles. The van der Waals surface area contributed by atoms with E-state index >= 15 is 0 Å². The summed E-state index contributed by atoms with van der Waals surface area (Å²) < 4.78 is 12.1. The first-order valence-electron chi connectivity index (χ1n) is 9.20. The minimum atomic E-state index is -0.183. The van der Waals surface area contributed by atoms with E-state index in [0.717, 1.165) is 5.56 Å². The Labute approximate surface area is 187 Å². The van der Waals surface area contributed by atoms with Crippen molar-refractivity contribution >= 4 is 40.6 Å². The number of ether oxygens (including phenoxy) is 2. The second kappa shape index (κ2) is 9.23. The third-order valence-electron chi connectivity index (χ3n) is 4.37. The molecule has 1 amide bonds. The molecule has 0 spiro atoms. The maximum atomic E-state index is 12.5. The van der Waals surface area contributed by atoms with Crippen LogP contribution in [0.15, 0.2) is 59.6 Å². The number of aromatic nitrogens is 4. The molecule has 2 heterocycles. The second-order valence-electron chi connectivity index (χ2n) is 6.38. The van der Waals surface area contributed by atoms with Gasteiger partial charge in [0.2, 0.25) is 5.91 Å². The lowest BCUT2D eigenvalue weighted by Crippen LogP contribution is -2.15. The number of carbonyl (C=O) groups is 1. The van der Waals surface area contributed by atoms with Crippen molar-refractivity contribution in [1.29, 1.82) is 0 Å². The summed E-state index contributed by atoms with van der Waals surface area (Å²) in [5.74, 6) is 1.76. The van der Waals surface area contributed by atoms with Crippen LogP contribution in [0.1, 0.15) is 0 Å². The van der Waals surface area contributed by atoms with Gasteiger partial charge in [0.25, 0.3) is 0 Å². The third-order valence-corrected chi connectivity index (χ3v) is 5.55. The average Bonchev–Trinajstić information content (AvgIpc) is 3.21. The first-order valence-corrected chi connectivity index (χ1v) is 10.6. The normalized spacial score (nSPS) is 10.8. The third kappa shape index (κ3) is 4.73. The number of amides is 1. The highest BCUT2D eigenvalue weighted by Crippen LogP contribution is 2.29. The SMILES string of the molecule is COc1ccc(NC(=O)CSc2ccc3nnc(-c4ccc(Cl)cc4)n3n2)c(OC)c1. The molecule has 0 fully saturated rings. The summed E-state index contributed by atoms with van der Waals surface area (Å²) in [5, 5.41) is 17.1. The number of benzene rings is 2. The quantitative estimate of drug-likeness (QED) is 0.418. The molecule has 0 atom stereocenters. The number of halogens is 1. The summed E-state index contributed by atoms with van der Waals surface area (Å²) in [6.07, 6.45) is 0. The number of nitrogens with zero attached hydrogens (tertiary/aromatic N) is 4. The Kier molecular flexibility index (Phi) is 6.24. The zero-order chi connectivity index (χ0) is 21.8. The zero-order valence-corrected chi connectivity index (χ0v) is 18.3. The number of anilines is 1. The fraction of sp³-hybridized carbons (Fsp3) is 0.143. The van der Waals surface area contributed by atoms with Gasteiger partial charge < -0.3 is 14.8 Å². The molecule has 158 valence electrons. The molecule has 8 nitrogen and oxygen atoms in total. The smallest absolute Gasteiger partial charge is 0.234 e. The molecule has 0 aliphatic rings. The van der Waals surface area contributed by atoms with Crippen LogP contribution in [0.3, 0.4) is 0 Å². The number of thioether (sulfide) groups is 1. The average molecular weight is 456 g/mol. The highest BCUT2D eigenvalue weighted by Gasteiger charge is 2.13. The van der Waals surface area contributed by atoms with Crippen molar-refractivity contribution in [3.8, 4) is 22.9 Å². The van der Waals surface area contributed by atoms with Crippen molar-refractivity contribution in [1.82, 2.24) is 19.8 Å². The van der Waals surface area contributed by atoms with Crippen molar-refractivity contribution in [3.05, 3.63) is 59.6 Å². The van der Waals surface area contributed by atoms with Crippen LogP contribution >= 0.6 is 23.4 Å². The fourth-order valence-corrected chi connectivity index (χ4v) is 3.64. The Hall–Kier alpha value is -3.30. The number of rotatable bonds is 7. The second-order valence-corrected chi connectivity index (χ2v) is 7.81. The lowest BCUT2D eigenvalue weighted by atomic mass is 10.2. The van der Waals surface area contributed by atoms with Crippen molar-refractivity contribution in [2.45, 2.75) is 5.03 Å². The molecule has 31 heavy (non-hydrogen) atoms. The van der Waals surface area contributed by atoms with E-state index < -0.39 is 0 Å². The van der Waals surface area contributed by atoms with Crippen LogP contribution in [0.25, 0.3) is 17.0 Å². The van der Waals surface area contributed by atoms with Crippen LogP contribution in [0.2, 0.25) is 5.02 Å². The summed E-state index contributed by atoms with van der Waals surface area (Å²) in [5.41, 5.74) is 2.03. The van der Waals surface area contributed by atoms with Crippen LogP contribution in [0, 0.1) is 0 Å². The Bertz CT molecular complexity index is 1230. The molecule has 0 saturated carbocycles. The molecular formula is C21H18ClN5O3S. The molecule has 0 aliphatic heterocycles. The van der Waals surface area contributed by atoms with Gasteiger partial charge in [-0.3, -0.25) is 4.79 Å². The van der Waals surface area contributed by atoms with Gasteiger partial charge in [-0.2, -0.15) is 9.61 Å². The van der Waals surface area contributed by atoms with E-state index in [2.05, 4.69) is 20.6 Å². The first kappa shape index (κ1) is 21.0. The van der Waals surface area contributed by atoms with E-state index in [0.29, 0.717) is 38.7 Å². The standard InChI is InChI=1S/C21H18ClN5O3S/c1-29-15-7-8-16(17(11-15)30-2)23-19(28)12-31-20-10-9-18-24-25-21(27(18)26-20)13-3-5-14(22)6-4-13/h3-11H,12H2,1-2H3,(H,23,28). The molecule has 2 aromatic heterocycles. The first-order chi connectivity index (χ1) is 15.1. The molecule has 10 heteroatoms. The minimum absolute atomic E-state index is 0.173. The van der Waals surface area contributed by atoms with Gasteiger partial charge in [-0.15, -0.1) is 10.2 Å². The van der Waals surface area contributed by atoms with Gasteiger partial charge >= 0.3 is 0 Å². The van der Waals surface area contributed by atoms with Crippen molar-refractivity contribution in [2.24, 2.45) is 0 Å². The Morgan fingerprint density at radius 3 is 2.61 bits per heavy atom. The van der Waals surface area contributed by atoms with Crippen molar-refractivity contribution in [2.75, 3.05) is 25.3 Å². The van der Waals surface area contributed by atoms with Crippen molar-refractivity contribution in [3.63, 3.8) is 0 Å². The summed E-state index contributed by atoms with van der Waals surface area (Å²) in [6, 6.07) is 16.1. The van der Waals surface area contributed by atoms with E-state index in [4.69, 9.17) is 21.1 Å². The van der Waals surface area contributed by atoms with Gasteiger partial charge in [0.15, 0.2) is 11.5 Å². The molecular weight excluding hydrogens is 438 g/mol. The lowest BCUT2D eigenvalue weighted by Gasteiger charge is -2.11. The molecule has 0 unspecified atom stereocenters. The zero-order valence-electron chi connectivity index (χ0n) is 16.7. The lowest BCUT2D eigenvalue weighted by molar-refractivity contribution is -0.113. The maximum Gasteiger partial charge on any atom is 0.234 e.